The molecule has 1 saturated heterocycles. The first-order valence-electron chi connectivity index (χ1n) is 13.8. The second-order valence-corrected chi connectivity index (χ2v) is 11.0. The van der Waals surface area contributed by atoms with Gasteiger partial charge in [-0.25, -0.2) is 0 Å². The molecule has 2 aliphatic heterocycles. The van der Waals surface area contributed by atoms with Gasteiger partial charge in [0.25, 0.3) is 11.1 Å². The van der Waals surface area contributed by atoms with Crippen molar-refractivity contribution in [3.63, 3.8) is 0 Å². The van der Waals surface area contributed by atoms with Crippen LogP contribution in [-0.2, 0) is 22.6 Å². The van der Waals surface area contributed by atoms with Crippen LogP contribution in [0.1, 0.15) is 47.5 Å². The van der Waals surface area contributed by atoms with Gasteiger partial charge in [-0.3, -0.25) is 24.1 Å². The van der Waals surface area contributed by atoms with E-state index in [1.54, 1.807) is 36.4 Å². The van der Waals surface area contributed by atoms with E-state index in [0.717, 1.165) is 12.1 Å². The first kappa shape index (κ1) is 27.5. The van der Waals surface area contributed by atoms with Gasteiger partial charge in [0.15, 0.2) is 5.76 Å². The average Bonchev–Trinajstić information content (AvgIpc) is 2.97. The molecule has 0 amide bonds. The van der Waals surface area contributed by atoms with E-state index in [-0.39, 0.29) is 41.7 Å². The van der Waals surface area contributed by atoms with Crippen molar-refractivity contribution in [2.75, 3.05) is 27.3 Å². The zero-order valence-corrected chi connectivity index (χ0v) is 23.3. The Morgan fingerprint density at radius 3 is 2.71 bits per heavy atom. The van der Waals surface area contributed by atoms with Crippen molar-refractivity contribution in [3.05, 3.63) is 102 Å². The van der Waals surface area contributed by atoms with Gasteiger partial charge >= 0.3 is 5.97 Å². The molecule has 4 aromatic rings. The van der Waals surface area contributed by atoms with Gasteiger partial charge in [0.1, 0.15) is 11.5 Å². The SMILES string of the molecule is COC(=O)C[C@@H](c1oc(CN2C[C@@H]3C[C@H](C2)c2cccc(=O)n2C3)cc(=O)c1O)c1cc2cc(OC)ccc2[nH]c1=O. The van der Waals surface area contributed by atoms with E-state index in [1.807, 2.05) is 10.6 Å². The van der Waals surface area contributed by atoms with Gasteiger partial charge in [-0.2, -0.15) is 0 Å². The van der Waals surface area contributed by atoms with E-state index in [4.69, 9.17) is 13.9 Å². The molecule has 11 nitrogen and oxygen atoms in total. The summed E-state index contributed by atoms with van der Waals surface area (Å²) in [6, 6.07) is 13.3. The van der Waals surface area contributed by atoms with Crippen molar-refractivity contribution < 1.29 is 23.8 Å². The Morgan fingerprint density at radius 1 is 1.10 bits per heavy atom. The van der Waals surface area contributed by atoms with E-state index in [1.165, 1.54) is 20.3 Å². The number of likely N-dealkylation sites (tertiary alicyclic amines) is 1. The Kier molecular flexibility index (Phi) is 7.19. The average molecular weight is 574 g/mol. The van der Waals surface area contributed by atoms with Crippen LogP contribution in [0.25, 0.3) is 10.9 Å². The van der Waals surface area contributed by atoms with Crippen LogP contribution < -0.4 is 21.3 Å². The van der Waals surface area contributed by atoms with Gasteiger partial charge in [0.2, 0.25) is 11.2 Å². The maximum atomic E-state index is 13.2. The predicted octanol–water partition coefficient (Wildman–Crippen LogP) is 2.67. The van der Waals surface area contributed by atoms with Crippen LogP contribution in [0.3, 0.4) is 0 Å². The van der Waals surface area contributed by atoms with Crippen LogP contribution in [0.5, 0.6) is 11.5 Å². The second kappa shape index (κ2) is 11.0. The van der Waals surface area contributed by atoms with Crippen LogP contribution in [0.15, 0.2) is 67.3 Å². The Morgan fingerprint density at radius 2 is 1.93 bits per heavy atom. The van der Waals surface area contributed by atoms with Gasteiger partial charge in [-0.15, -0.1) is 0 Å². The normalized spacial score (nSPS) is 18.8. The van der Waals surface area contributed by atoms with E-state index < -0.39 is 28.6 Å². The number of hydrogen-bond donors (Lipinski definition) is 2. The molecule has 6 rings (SSSR count). The molecular formula is C31H31N3O8. The summed E-state index contributed by atoms with van der Waals surface area (Å²) in [7, 11) is 2.75. The molecule has 2 bridgehead atoms. The third-order valence-corrected chi connectivity index (χ3v) is 8.31. The number of carbonyl (C=O) groups is 1. The number of ether oxygens (including phenoxy) is 2. The molecular weight excluding hydrogens is 542 g/mol. The summed E-state index contributed by atoms with van der Waals surface area (Å²) in [5.74, 6) is -1.28. The molecule has 0 aliphatic carbocycles. The van der Waals surface area contributed by atoms with Crippen LogP contribution in [0.2, 0.25) is 0 Å². The molecule has 2 N–H and O–H groups in total. The highest BCUT2D eigenvalue weighted by atomic mass is 16.5. The summed E-state index contributed by atoms with van der Waals surface area (Å²) < 4.78 is 18.2. The summed E-state index contributed by atoms with van der Waals surface area (Å²) in [6.45, 7) is 2.28. The van der Waals surface area contributed by atoms with Crippen molar-refractivity contribution in [2.24, 2.45) is 5.92 Å². The number of piperidine rings is 1. The molecule has 1 aromatic carbocycles. The molecule has 2 aliphatic rings. The van der Waals surface area contributed by atoms with Crippen LogP contribution in [0, 0.1) is 5.92 Å². The minimum absolute atomic E-state index is 0.00333. The fourth-order valence-corrected chi connectivity index (χ4v) is 6.40. The van der Waals surface area contributed by atoms with Crippen LogP contribution in [0.4, 0.5) is 0 Å². The van der Waals surface area contributed by atoms with Crippen LogP contribution in [-0.4, -0.2) is 52.8 Å². The topological polar surface area (TPSA) is 144 Å². The standard InChI is InChI=1S/C31H31N3O8/c1-40-20-6-7-24-18(9-20)10-23(31(39)32-24)22(12-28(37)41-2)30-29(38)26(35)11-21(42-30)16-33-13-17-8-19(15-33)25-4-3-5-27(36)34(25)14-17/h3-7,9-11,17,19,22,38H,8,12-16H2,1-2H3,(H,32,39)/t17-,19+,22+/m0/s1. The minimum atomic E-state index is -1.09. The summed E-state index contributed by atoms with van der Waals surface area (Å²) in [4.78, 5) is 56.1. The molecule has 5 heterocycles. The Hall–Kier alpha value is -4.64. The highest BCUT2D eigenvalue weighted by Gasteiger charge is 2.35. The fourth-order valence-electron chi connectivity index (χ4n) is 6.40. The lowest BCUT2D eigenvalue weighted by Gasteiger charge is -2.42. The Bertz CT molecular complexity index is 1860. The van der Waals surface area contributed by atoms with Crippen molar-refractivity contribution in [3.8, 4) is 11.5 Å². The molecule has 0 radical (unpaired) electrons. The largest absolute Gasteiger partial charge is 0.502 e. The van der Waals surface area contributed by atoms with Crippen LogP contribution >= 0.6 is 0 Å². The summed E-state index contributed by atoms with van der Waals surface area (Å²) in [6.07, 6.45) is 0.635. The summed E-state index contributed by atoms with van der Waals surface area (Å²) >= 11 is 0. The summed E-state index contributed by atoms with van der Waals surface area (Å²) in [5.41, 5.74) is 0.526. The van der Waals surface area contributed by atoms with Gasteiger partial charge in [0.05, 0.1) is 33.1 Å². The van der Waals surface area contributed by atoms with Crippen molar-refractivity contribution >= 4 is 16.9 Å². The molecule has 0 spiro atoms. The zero-order valence-electron chi connectivity index (χ0n) is 23.3. The smallest absolute Gasteiger partial charge is 0.306 e. The molecule has 3 atom stereocenters. The number of nitrogens with zero attached hydrogens (tertiary/aromatic N) is 2. The van der Waals surface area contributed by atoms with Gasteiger partial charge in [-0.1, -0.05) is 6.07 Å². The van der Waals surface area contributed by atoms with E-state index >= 15 is 0 Å². The van der Waals surface area contributed by atoms with Crippen molar-refractivity contribution in [1.29, 1.82) is 0 Å². The molecule has 1 fully saturated rings. The third kappa shape index (κ3) is 5.11. The lowest BCUT2D eigenvalue weighted by Crippen LogP contribution is -2.46. The minimum Gasteiger partial charge on any atom is -0.502 e. The fraction of sp³-hybridized carbons (Fsp3) is 0.355. The maximum Gasteiger partial charge on any atom is 0.306 e. The van der Waals surface area contributed by atoms with Crippen molar-refractivity contribution in [2.45, 2.75) is 37.8 Å². The quantitative estimate of drug-likeness (QED) is 0.319. The third-order valence-electron chi connectivity index (χ3n) is 8.31. The van der Waals surface area contributed by atoms with E-state index in [9.17, 15) is 24.3 Å². The Labute approximate surface area is 239 Å². The monoisotopic (exact) mass is 573 g/mol. The maximum absolute atomic E-state index is 13.2. The molecule has 0 unspecified atom stereocenters. The number of rotatable bonds is 7. The Balaban J connectivity index is 1.37. The number of benzene rings is 1. The lowest BCUT2D eigenvalue weighted by molar-refractivity contribution is -0.140. The number of fused-ring (bicyclic) bond motifs is 5. The van der Waals surface area contributed by atoms with Gasteiger partial charge < -0.3 is 28.5 Å². The lowest BCUT2D eigenvalue weighted by atomic mass is 9.83. The zero-order chi connectivity index (χ0) is 29.5. The number of esters is 1. The first-order valence-corrected chi connectivity index (χ1v) is 13.8. The second-order valence-electron chi connectivity index (χ2n) is 11.0. The number of hydrogen-bond acceptors (Lipinski definition) is 9. The highest BCUT2D eigenvalue weighted by Crippen LogP contribution is 2.37. The van der Waals surface area contributed by atoms with Crippen molar-refractivity contribution in [1.82, 2.24) is 14.5 Å². The van der Waals surface area contributed by atoms with Gasteiger partial charge in [-0.05, 0) is 42.7 Å². The molecule has 0 saturated carbocycles. The van der Waals surface area contributed by atoms with Gasteiger partial charge in [0, 0.05) is 59.8 Å². The number of carbonyl (C=O) groups excluding carboxylic acids is 1. The highest BCUT2D eigenvalue weighted by molar-refractivity contribution is 5.81. The number of nitrogens with one attached hydrogen (secondary N) is 1. The first-order chi connectivity index (χ1) is 20.2. The number of methoxy groups -OCH3 is 2. The number of aromatic amines is 1. The molecule has 42 heavy (non-hydrogen) atoms. The van der Waals surface area contributed by atoms with E-state index in [0.29, 0.717) is 42.0 Å². The number of pyridine rings is 2. The number of aromatic nitrogens is 2. The molecule has 11 heteroatoms. The predicted molar refractivity (Wildman–Crippen MR) is 153 cm³/mol. The summed E-state index contributed by atoms with van der Waals surface area (Å²) in [5, 5.41) is 11.5. The van der Waals surface area contributed by atoms with E-state index in [2.05, 4.69) is 9.88 Å². The number of H-pyrrole nitrogens is 1. The molecule has 3 aromatic heterocycles. The molecule has 218 valence electrons. The number of aromatic hydroxyl groups is 1.